The van der Waals surface area contributed by atoms with Gasteiger partial charge in [-0.15, -0.1) is 0 Å². The highest BCUT2D eigenvalue weighted by Crippen LogP contribution is 2.27. The summed E-state index contributed by atoms with van der Waals surface area (Å²) in [4.78, 5) is 24.7. The maximum Gasteiger partial charge on any atom is 0.343 e. The van der Waals surface area contributed by atoms with Crippen molar-refractivity contribution in [2.45, 2.75) is 13.5 Å². The molecule has 0 aliphatic rings. The molecule has 4 rings (SSSR count). The van der Waals surface area contributed by atoms with Crippen molar-refractivity contribution in [2.75, 3.05) is 26.1 Å². The number of esters is 1. The summed E-state index contributed by atoms with van der Waals surface area (Å²) in [5, 5.41) is 7.71. The molecule has 0 radical (unpaired) electrons. The summed E-state index contributed by atoms with van der Waals surface area (Å²) in [5.74, 6) is 0.471. The number of rotatable bonds is 9. The summed E-state index contributed by atoms with van der Waals surface area (Å²) in [6.45, 7) is 2.19. The standard InChI is InChI=1S/C28H27N3O5/c1-19-15-23(36-18-26(32)35-3)13-14-25(19)29-28(33)24-17-31(16-20-7-5-4-6-8-20)30-27(24)21-9-11-22(34-2)12-10-21/h4-15,17H,16,18H2,1-3H3,(H,29,33). The average Bonchev–Trinajstić information content (AvgIpc) is 3.33. The molecule has 184 valence electrons. The van der Waals surface area contributed by atoms with E-state index >= 15 is 0 Å². The fourth-order valence-corrected chi connectivity index (χ4v) is 3.66. The second-order valence-corrected chi connectivity index (χ2v) is 8.10. The van der Waals surface area contributed by atoms with Crippen LogP contribution in [0, 0.1) is 6.92 Å². The molecule has 36 heavy (non-hydrogen) atoms. The van der Waals surface area contributed by atoms with Crippen molar-refractivity contribution in [3.8, 4) is 22.8 Å². The second kappa shape index (κ2) is 11.2. The molecule has 1 N–H and O–H groups in total. The number of amides is 1. The molecule has 1 amide bonds. The molecule has 0 atom stereocenters. The van der Waals surface area contributed by atoms with Crippen LogP contribution in [0.15, 0.2) is 79.0 Å². The largest absolute Gasteiger partial charge is 0.497 e. The summed E-state index contributed by atoms with van der Waals surface area (Å²) in [6, 6.07) is 22.5. The van der Waals surface area contributed by atoms with Gasteiger partial charge < -0.3 is 19.5 Å². The predicted molar refractivity (Wildman–Crippen MR) is 136 cm³/mol. The molecule has 3 aromatic carbocycles. The van der Waals surface area contributed by atoms with Crippen molar-refractivity contribution in [1.82, 2.24) is 9.78 Å². The van der Waals surface area contributed by atoms with Gasteiger partial charge in [-0.2, -0.15) is 5.10 Å². The lowest BCUT2D eigenvalue weighted by Crippen LogP contribution is -2.14. The lowest BCUT2D eigenvalue weighted by atomic mass is 10.1. The van der Waals surface area contributed by atoms with E-state index in [0.29, 0.717) is 29.2 Å². The number of nitrogens with zero attached hydrogens (tertiary/aromatic N) is 2. The molecule has 4 aromatic rings. The van der Waals surface area contributed by atoms with Gasteiger partial charge in [-0.3, -0.25) is 9.48 Å². The molecule has 0 saturated heterocycles. The number of aromatic nitrogens is 2. The molecule has 0 bridgehead atoms. The smallest absolute Gasteiger partial charge is 0.343 e. The minimum absolute atomic E-state index is 0.187. The molecule has 1 heterocycles. The van der Waals surface area contributed by atoms with Crippen molar-refractivity contribution in [3.63, 3.8) is 0 Å². The van der Waals surface area contributed by atoms with Crippen molar-refractivity contribution < 1.29 is 23.8 Å². The number of hydrogen-bond acceptors (Lipinski definition) is 6. The van der Waals surface area contributed by atoms with Crippen molar-refractivity contribution >= 4 is 17.6 Å². The van der Waals surface area contributed by atoms with Gasteiger partial charge in [0.25, 0.3) is 5.91 Å². The van der Waals surface area contributed by atoms with Crippen LogP contribution >= 0.6 is 0 Å². The summed E-state index contributed by atoms with van der Waals surface area (Å²) in [6.07, 6.45) is 1.76. The second-order valence-electron chi connectivity index (χ2n) is 8.10. The fourth-order valence-electron chi connectivity index (χ4n) is 3.66. The Morgan fingerprint density at radius 3 is 2.33 bits per heavy atom. The molecule has 1 aromatic heterocycles. The molecule has 0 fully saturated rings. The van der Waals surface area contributed by atoms with Crippen LogP contribution in [0.3, 0.4) is 0 Å². The Hall–Kier alpha value is -4.59. The zero-order valence-electron chi connectivity index (χ0n) is 20.4. The van der Waals surface area contributed by atoms with Gasteiger partial charge in [0.1, 0.15) is 17.2 Å². The number of carbonyl (C=O) groups is 2. The number of benzene rings is 3. The molecule has 8 nitrogen and oxygen atoms in total. The van der Waals surface area contributed by atoms with Gasteiger partial charge in [0, 0.05) is 17.4 Å². The van der Waals surface area contributed by atoms with Crippen LogP contribution in [0.1, 0.15) is 21.5 Å². The topological polar surface area (TPSA) is 91.7 Å². The van der Waals surface area contributed by atoms with Crippen LogP contribution in [-0.2, 0) is 16.1 Å². The zero-order valence-corrected chi connectivity index (χ0v) is 20.4. The number of nitrogens with one attached hydrogen (secondary N) is 1. The van der Waals surface area contributed by atoms with E-state index < -0.39 is 5.97 Å². The first kappa shape index (κ1) is 24.5. The van der Waals surface area contributed by atoms with Gasteiger partial charge in [-0.1, -0.05) is 30.3 Å². The molecule has 0 unspecified atom stereocenters. The first-order chi connectivity index (χ1) is 17.5. The van der Waals surface area contributed by atoms with Gasteiger partial charge in [0.2, 0.25) is 0 Å². The Bertz CT molecular complexity index is 1350. The first-order valence-electron chi connectivity index (χ1n) is 11.3. The third-order valence-electron chi connectivity index (χ3n) is 5.59. The Kier molecular flexibility index (Phi) is 7.65. The summed E-state index contributed by atoms with van der Waals surface area (Å²) in [5.41, 5.74) is 4.31. The summed E-state index contributed by atoms with van der Waals surface area (Å²) < 4.78 is 17.0. The lowest BCUT2D eigenvalue weighted by Gasteiger charge is -2.11. The quantitative estimate of drug-likeness (QED) is 0.345. The third-order valence-corrected chi connectivity index (χ3v) is 5.59. The van der Waals surface area contributed by atoms with E-state index in [4.69, 9.17) is 14.6 Å². The van der Waals surface area contributed by atoms with E-state index in [2.05, 4.69) is 10.1 Å². The monoisotopic (exact) mass is 485 g/mol. The summed E-state index contributed by atoms with van der Waals surface area (Å²) in [7, 11) is 2.91. The third kappa shape index (κ3) is 5.90. The fraction of sp³-hybridized carbons (Fsp3) is 0.179. The molecular formula is C28H27N3O5. The van der Waals surface area contributed by atoms with Crippen molar-refractivity contribution in [1.29, 1.82) is 0 Å². The molecule has 0 aliphatic heterocycles. The normalized spacial score (nSPS) is 10.5. The Labute approximate surface area is 209 Å². The number of ether oxygens (including phenoxy) is 3. The highest BCUT2D eigenvalue weighted by molar-refractivity contribution is 6.08. The lowest BCUT2D eigenvalue weighted by molar-refractivity contribution is -0.142. The SMILES string of the molecule is COC(=O)COc1ccc(NC(=O)c2cn(Cc3ccccc3)nc2-c2ccc(OC)cc2)c(C)c1. The minimum Gasteiger partial charge on any atom is -0.497 e. The van der Waals surface area contributed by atoms with Crippen LogP contribution in [0.25, 0.3) is 11.3 Å². The van der Waals surface area contributed by atoms with Gasteiger partial charge in [-0.05, 0) is 60.5 Å². The minimum atomic E-state index is -0.469. The Morgan fingerprint density at radius 1 is 0.944 bits per heavy atom. The van der Waals surface area contributed by atoms with E-state index in [0.717, 1.165) is 22.4 Å². The maximum absolute atomic E-state index is 13.4. The van der Waals surface area contributed by atoms with E-state index in [1.807, 2.05) is 61.5 Å². The highest BCUT2D eigenvalue weighted by atomic mass is 16.6. The van der Waals surface area contributed by atoms with Crippen LogP contribution in [-0.4, -0.2) is 42.5 Å². The van der Waals surface area contributed by atoms with Gasteiger partial charge in [0.15, 0.2) is 6.61 Å². The van der Waals surface area contributed by atoms with E-state index in [1.54, 1.807) is 36.2 Å². The van der Waals surface area contributed by atoms with Gasteiger partial charge in [0.05, 0.1) is 26.3 Å². The number of methoxy groups -OCH3 is 2. The Balaban J connectivity index is 1.60. The number of anilines is 1. The van der Waals surface area contributed by atoms with E-state index in [1.165, 1.54) is 7.11 Å². The number of aryl methyl sites for hydroxylation is 1. The highest BCUT2D eigenvalue weighted by Gasteiger charge is 2.19. The van der Waals surface area contributed by atoms with E-state index in [-0.39, 0.29) is 12.5 Å². The summed E-state index contributed by atoms with van der Waals surface area (Å²) >= 11 is 0. The molecule has 0 spiro atoms. The van der Waals surface area contributed by atoms with Crippen LogP contribution in [0.4, 0.5) is 5.69 Å². The van der Waals surface area contributed by atoms with Gasteiger partial charge >= 0.3 is 5.97 Å². The van der Waals surface area contributed by atoms with Crippen molar-refractivity contribution in [3.05, 3.63) is 95.7 Å². The van der Waals surface area contributed by atoms with Gasteiger partial charge in [-0.25, -0.2) is 4.79 Å². The predicted octanol–water partition coefficient (Wildman–Crippen LogP) is 4.72. The van der Waals surface area contributed by atoms with Crippen molar-refractivity contribution in [2.24, 2.45) is 0 Å². The molecule has 0 saturated carbocycles. The van der Waals surface area contributed by atoms with E-state index in [9.17, 15) is 9.59 Å². The van der Waals surface area contributed by atoms with Crippen LogP contribution in [0.2, 0.25) is 0 Å². The zero-order chi connectivity index (χ0) is 25.5. The number of carbonyl (C=O) groups excluding carboxylic acids is 2. The Morgan fingerprint density at radius 2 is 1.67 bits per heavy atom. The van der Waals surface area contributed by atoms with Crippen LogP contribution in [0.5, 0.6) is 11.5 Å². The maximum atomic E-state index is 13.4. The molecular weight excluding hydrogens is 458 g/mol. The molecule has 8 heteroatoms. The van der Waals surface area contributed by atoms with Crippen LogP contribution < -0.4 is 14.8 Å². The first-order valence-corrected chi connectivity index (χ1v) is 11.3. The average molecular weight is 486 g/mol. The molecule has 0 aliphatic carbocycles. The number of hydrogen-bond donors (Lipinski definition) is 1.